The predicted molar refractivity (Wildman–Crippen MR) is 114 cm³/mol. The third-order valence-corrected chi connectivity index (χ3v) is 7.20. The Labute approximate surface area is 178 Å². The van der Waals surface area contributed by atoms with Gasteiger partial charge in [0.05, 0.1) is 6.04 Å². The van der Waals surface area contributed by atoms with E-state index in [4.69, 9.17) is 4.52 Å². The van der Waals surface area contributed by atoms with Crippen molar-refractivity contribution in [2.24, 2.45) is 10.8 Å². The topological polar surface area (TPSA) is 62.5 Å². The molecule has 2 fully saturated rings. The molecule has 2 bridgehead atoms. The smallest absolute Gasteiger partial charge is 0.253 e. The molecule has 1 saturated carbocycles. The highest BCUT2D eigenvalue weighted by molar-refractivity contribution is 5.97. The Hall–Kier alpha value is -2.37. The minimum atomic E-state index is 0.223. The van der Waals surface area contributed by atoms with E-state index in [0.717, 1.165) is 44.3 Å². The average molecular weight is 409 g/mol. The maximum atomic E-state index is 13.4. The molecule has 3 heterocycles. The quantitative estimate of drug-likeness (QED) is 0.758. The van der Waals surface area contributed by atoms with E-state index in [9.17, 15) is 4.79 Å². The maximum Gasteiger partial charge on any atom is 0.253 e. The lowest BCUT2D eigenvalue weighted by molar-refractivity contribution is -0.127. The van der Waals surface area contributed by atoms with Crippen molar-refractivity contribution in [2.75, 3.05) is 13.1 Å². The highest BCUT2D eigenvalue weighted by Crippen LogP contribution is 2.52. The summed E-state index contributed by atoms with van der Waals surface area (Å²) in [4.78, 5) is 22.2. The van der Waals surface area contributed by atoms with Gasteiger partial charge < -0.3 is 14.3 Å². The van der Waals surface area contributed by atoms with E-state index in [1.165, 1.54) is 12.0 Å². The summed E-state index contributed by atoms with van der Waals surface area (Å²) in [5.41, 5.74) is 2.69. The predicted octanol–water partition coefficient (Wildman–Crippen LogP) is 3.80. The van der Waals surface area contributed by atoms with Gasteiger partial charge in [0.1, 0.15) is 0 Å². The molecule has 4 aliphatic rings. The molecule has 0 N–H and O–H groups in total. The number of nitrogens with zero attached hydrogens (tertiary/aromatic N) is 4. The third-order valence-electron chi connectivity index (χ3n) is 7.20. The zero-order chi connectivity index (χ0) is 21.1. The summed E-state index contributed by atoms with van der Waals surface area (Å²) in [6.45, 7) is 10.6. The maximum absolute atomic E-state index is 13.4. The molecule has 160 valence electrons. The Kier molecular flexibility index (Phi) is 4.46. The molecule has 5 rings (SSSR count). The molecule has 1 amide bonds. The van der Waals surface area contributed by atoms with Crippen LogP contribution in [0.25, 0.3) is 0 Å². The van der Waals surface area contributed by atoms with Crippen LogP contribution in [0.15, 0.2) is 40.1 Å². The Morgan fingerprint density at radius 2 is 2.13 bits per heavy atom. The van der Waals surface area contributed by atoms with Gasteiger partial charge in [0.25, 0.3) is 5.91 Å². The Bertz CT molecular complexity index is 956. The SMILES string of the molecule is Cc1noc(CCN2C=CC3=CC(C(=O)N4CC5(C)CC4CC(C)(C)C5)=CCC32)n1. The van der Waals surface area contributed by atoms with Gasteiger partial charge in [-0.15, -0.1) is 0 Å². The molecule has 0 radical (unpaired) electrons. The van der Waals surface area contributed by atoms with E-state index < -0.39 is 0 Å². The number of carbonyl (C=O) groups is 1. The molecule has 1 saturated heterocycles. The molecule has 6 heteroatoms. The van der Waals surface area contributed by atoms with Crippen molar-refractivity contribution in [1.29, 1.82) is 0 Å². The number of aromatic nitrogens is 2. The summed E-state index contributed by atoms with van der Waals surface area (Å²) in [5.74, 6) is 1.58. The number of amides is 1. The largest absolute Gasteiger partial charge is 0.370 e. The minimum absolute atomic E-state index is 0.223. The van der Waals surface area contributed by atoms with Crippen LogP contribution >= 0.6 is 0 Å². The fourth-order valence-corrected chi connectivity index (χ4v) is 6.39. The van der Waals surface area contributed by atoms with E-state index in [-0.39, 0.29) is 11.3 Å². The van der Waals surface area contributed by atoms with Gasteiger partial charge in [-0.25, -0.2) is 0 Å². The summed E-state index contributed by atoms with van der Waals surface area (Å²) in [5, 5.41) is 3.86. The summed E-state index contributed by atoms with van der Waals surface area (Å²) < 4.78 is 5.23. The van der Waals surface area contributed by atoms with Gasteiger partial charge >= 0.3 is 0 Å². The lowest BCUT2D eigenvalue weighted by atomic mass is 9.65. The molecule has 1 aromatic rings. The van der Waals surface area contributed by atoms with Gasteiger partial charge in [0, 0.05) is 31.1 Å². The zero-order valence-corrected chi connectivity index (χ0v) is 18.5. The third kappa shape index (κ3) is 3.50. The first kappa shape index (κ1) is 19.6. The normalized spacial score (nSPS) is 31.6. The van der Waals surface area contributed by atoms with Crippen LogP contribution in [0.4, 0.5) is 0 Å². The van der Waals surface area contributed by atoms with Crippen molar-refractivity contribution in [3.8, 4) is 0 Å². The Morgan fingerprint density at radius 3 is 2.90 bits per heavy atom. The number of carbonyl (C=O) groups excluding carboxylic acids is 1. The Balaban J connectivity index is 1.25. The van der Waals surface area contributed by atoms with Crippen LogP contribution in [0.5, 0.6) is 0 Å². The highest BCUT2D eigenvalue weighted by atomic mass is 16.5. The van der Waals surface area contributed by atoms with Crippen LogP contribution in [0.2, 0.25) is 0 Å². The lowest BCUT2D eigenvalue weighted by Crippen LogP contribution is -2.39. The lowest BCUT2D eigenvalue weighted by Gasteiger charge is -2.39. The molecule has 6 nitrogen and oxygen atoms in total. The number of hydrogen-bond donors (Lipinski definition) is 0. The van der Waals surface area contributed by atoms with E-state index in [0.29, 0.717) is 29.2 Å². The molecule has 3 atom stereocenters. The number of likely N-dealkylation sites (tertiary alicyclic amines) is 1. The summed E-state index contributed by atoms with van der Waals surface area (Å²) in [7, 11) is 0. The van der Waals surface area contributed by atoms with E-state index >= 15 is 0 Å². The van der Waals surface area contributed by atoms with Gasteiger partial charge in [0.2, 0.25) is 5.89 Å². The minimum Gasteiger partial charge on any atom is -0.370 e. The number of aryl methyl sites for hydroxylation is 1. The van der Waals surface area contributed by atoms with Crippen molar-refractivity contribution in [2.45, 2.75) is 71.9 Å². The van der Waals surface area contributed by atoms with Crippen LogP contribution in [0.3, 0.4) is 0 Å². The van der Waals surface area contributed by atoms with Gasteiger partial charge in [-0.1, -0.05) is 32.0 Å². The summed E-state index contributed by atoms with van der Waals surface area (Å²) >= 11 is 0. The van der Waals surface area contributed by atoms with Crippen LogP contribution in [0.1, 0.15) is 58.2 Å². The fraction of sp³-hybridized carbons (Fsp3) is 0.625. The first-order chi connectivity index (χ1) is 14.2. The first-order valence-corrected chi connectivity index (χ1v) is 11.2. The summed E-state index contributed by atoms with van der Waals surface area (Å²) in [6.07, 6.45) is 13.6. The van der Waals surface area contributed by atoms with E-state index in [2.05, 4.69) is 65.1 Å². The van der Waals surface area contributed by atoms with Gasteiger partial charge in [-0.2, -0.15) is 4.98 Å². The number of fused-ring (bicyclic) bond motifs is 3. The second-order valence-corrected chi connectivity index (χ2v) is 10.7. The zero-order valence-electron chi connectivity index (χ0n) is 18.5. The van der Waals surface area contributed by atoms with Crippen molar-refractivity contribution < 1.29 is 9.32 Å². The van der Waals surface area contributed by atoms with Crippen LogP contribution in [-0.4, -0.2) is 51.0 Å². The molecule has 2 aliphatic carbocycles. The molecule has 30 heavy (non-hydrogen) atoms. The molecule has 0 spiro atoms. The fourth-order valence-electron chi connectivity index (χ4n) is 6.39. The van der Waals surface area contributed by atoms with Gasteiger partial charge in [0.15, 0.2) is 5.82 Å². The van der Waals surface area contributed by atoms with Crippen molar-refractivity contribution in [3.05, 3.63) is 47.3 Å². The molecule has 1 aromatic heterocycles. The van der Waals surface area contributed by atoms with E-state index in [1.807, 2.05) is 6.92 Å². The summed E-state index contributed by atoms with van der Waals surface area (Å²) in [6, 6.07) is 0.691. The van der Waals surface area contributed by atoms with Crippen molar-refractivity contribution in [1.82, 2.24) is 19.9 Å². The van der Waals surface area contributed by atoms with Crippen LogP contribution in [0, 0.1) is 17.8 Å². The molecule has 3 unspecified atom stereocenters. The molecular weight excluding hydrogens is 376 g/mol. The standard InChI is InChI=1S/C24H32N4O2/c1-16-25-21(30-26-16)8-10-27-9-7-17-11-18(5-6-20(17)27)22(29)28-15-24(4)13-19(28)12-23(2,3)14-24/h5,7,9,11,19-20H,6,8,10,12-15H2,1-4H3. The monoisotopic (exact) mass is 408 g/mol. The number of rotatable bonds is 4. The highest BCUT2D eigenvalue weighted by Gasteiger charge is 2.51. The average Bonchev–Trinajstić information content (AvgIpc) is 3.33. The van der Waals surface area contributed by atoms with Crippen molar-refractivity contribution in [3.63, 3.8) is 0 Å². The second kappa shape index (κ2) is 6.82. The van der Waals surface area contributed by atoms with Gasteiger partial charge in [-0.3, -0.25) is 4.79 Å². The van der Waals surface area contributed by atoms with Gasteiger partial charge in [-0.05, 0) is 67.4 Å². The van der Waals surface area contributed by atoms with Crippen molar-refractivity contribution >= 4 is 5.91 Å². The first-order valence-electron chi connectivity index (χ1n) is 11.2. The molecule has 2 aliphatic heterocycles. The second-order valence-electron chi connectivity index (χ2n) is 10.7. The molecule has 0 aromatic carbocycles. The van der Waals surface area contributed by atoms with Crippen LogP contribution < -0.4 is 0 Å². The number of hydrogen-bond acceptors (Lipinski definition) is 5. The Morgan fingerprint density at radius 1 is 1.30 bits per heavy atom. The van der Waals surface area contributed by atoms with Crippen LogP contribution in [-0.2, 0) is 11.2 Å². The van der Waals surface area contributed by atoms with E-state index in [1.54, 1.807) is 0 Å². The molecular formula is C24H32N4O2.